The molecule has 0 spiro atoms. The minimum absolute atomic E-state index is 0.0606. The number of carbonyl (C=O) groups excluding carboxylic acids is 3. The van der Waals surface area contributed by atoms with Crippen LogP contribution in [0.3, 0.4) is 0 Å². The zero-order chi connectivity index (χ0) is 21.0. The number of aryl methyl sites for hydroxylation is 1. The normalized spacial score (nSPS) is 18.8. The van der Waals surface area contributed by atoms with Crippen molar-refractivity contribution in [2.75, 3.05) is 32.1 Å². The van der Waals surface area contributed by atoms with Gasteiger partial charge in [0.15, 0.2) is 12.6 Å². The summed E-state index contributed by atoms with van der Waals surface area (Å²) >= 11 is 0. The predicted molar refractivity (Wildman–Crippen MR) is 106 cm³/mol. The fourth-order valence-electron chi connectivity index (χ4n) is 3.56. The molecule has 9 nitrogen and oxygen atoms in total. The average Bonchev–Trinajstić information content (AvgIpc) is 2.99. The Labute approximate surface area is 169 Å². The number of rotatable bonds is 6. The monoisotopic (exact) mass is 400 g/mol. The van der Waals surface area contributed by atoms with Gasteiger partial charge in [-0.3, -0.25) is 14.4 Å². The van der Waals surface area contributed by atoms with Gasteiger partial charge < -0.3 is 20.3 Å². The van der Waals surface area contributed by atoms with Crippen molar-refractivity contribution in [2.45, 2.75) is 26.3 Å². The topological polar surface area (TPSA) is 107 Å². The Morgan fingerprint density at radius 1 is 1.31 bits per heavy atom. The molecular formula is C20H26N5O4+. The van der Waals surface area contributed by atoms with E-state index in [1.807, 2.05) is 44.2 Å². The minimum atomic E-state index is -0.642. The number of anilines is 1. The van der Waals surface area contributed by atoms with Crippen molar-refractivity contribution in [3.63, 3.8) is 0 Å². The van der Waals surface area contributed by atoms with Crippen LogP contribution in [0, 0.1) is 13.8 Å². The number of piperazine rings is 1. The summed E-state index contributed by atoms with van der Waals surface area (Å²) in [7, 11) is 1.28. The molecule has 0 bridgehead atoms. The number of ether oxygens (including phenoxy) is 1. The van der Waals surface area contributed by atoms with E-state index in [0.29, 0.717) is 24.5 Å². The van der Waals surface area contributed by atoms with Crippen LogP contribution in [0.2, 0.25) is 0 Å². The number of aromatic nitrogens is 2. The second kappa shape index (κ2) is 8.87. The Morgan fingerprint density at radius 2 is 2.03 bits per heavy atom. The number of esters is 1. The third kappa shape index (κ3) is 4.62. The highest BCUT2D eigenvalue weighted by Crippen LogP contribution is 2.22. The molecule has 1 fully saturated rings. The van der Waals surface area contributed by atoms with E-state index in [1.54, 1.807) is 4.68 Å². The number of carbonyl (C=O) groups is 3. The van der Waals surface area contributed by atoms with E-state index in [2.05, 4.69) is 20.5 Å². The van der Waals surface area contributed by atoms with E-state index in [-0.39, 0.29) is 24.8 Å². The molecule has 1 saturated heterocycles. The molecule has 9 heteroatoms. The van der Waals surface area contributed by atoms with Crippen LogP contribution in [0.1, 0.15) is 17.8 Å². The van der Waals surface area contributed by atoms with Crippen molar-refractivity contribution in [3.05, 3.63) is 41.7 Å². The van der Waals surface area contributed by atoms with Gasteiger partial charge in [-0.15, -0.1) is 0 Å². The second-order valence-electron chi connectivity index (χ2n) is 7.05. The Morgan fingerprint density at radius 3 is 2.72 bits per heavy atom. The molecule has 1 aromatic carbocycles. The first-order chi connectivity index (χ1) is 13.9. The molecule has 1 aliphatic heterocycles. The van der Waals surface area contributed by atoms with E-state index >= 15 is 0 Å². The smallest absolute Gasteiger partial charge is 0.312 e. The van der Waals surface area contributed by atoms with E-state index in [9.17, 15) is 14.4 Å². The predicted octanol–water partition coefficient (Wildman–Crippen LogP) is -0.626. The van der Waals surface area contributed by atoms with Crippen LogP contribution in [0.15, 0.2) is 30.3 Å². The zero-order valence-corrected chi connectivity index (χ0v) is 16.8. The summed E-state index contributed by atoms with van der Waals surface area (Å²) in [4.78, 5) is 37.3. The van der Waals surface area contributed by atoms with Gasteiger partial charge in [-0.25, -0.2) is 4.68 Å². The maximum absolute atomic E-state index is 12.7. The van der Waals surface area contributed by atoms with Crippen LogP contribution in [0.25, 0.3) is 5.69 Å². The summed E-state index contributed by atoms with van der Waals surface area (Å²) in [5.41, 5.74) is 3.09. The number of methoxy groups -OCH3 is 1. The van der Waals surface area contributed by atoms with Crippen molar-refractivity contribution in [2.24, 2.45) is 0 Å². The van der Waals surface area contributed by atoms with Crippen LogP contribution >= 0.6 is 0 Å². The standard InChI is InChI=1S/C20H25N5O4/c1-13-19(14(2)25(23-13)15-7-5-4-6-8-15)22-17(26)12-24-10-9-21-20(28)16(24)11-18(27)29-3/h4-8,16H,9-12H2,1-3H3,(H,21,28)(H,22,26)/p+1/t16-/m1/s1. The third-order valence-electron chi connectivity index (χ3n) is 5.10. The van der Waals surface area contributed by atoms with Gasteiger partial charge in [0, 0.05) is 0 Å². The molecule has 2 aromatic rings. The van der Waals surface area contributed by atoms with E-state index < -0.39 is 12.0 Å². The van der Waals surface area contributed by atoms with Gasteiger partial charge >= 0.3 is 5.97 Å². The highest BCUT2D eigenvalue weighted by molar-refractivity contribution is 5.93. The van der Waals surface area contributed by atoms with E-state index in [0.717, 1.165) is 16.3 Å². The number of para-hydroxylation sites is 1. The lowest BCUT2D eigenvalue weighted by Gasteiger charge is -2.30. The quantitative estimate of drug-likeness (QED) is 0.560. The summed E-state index contributed by atoms with van der Waals surface area (Å²) < 4.78 is 6.47. The first kappa shape index (κ1) is 20.5. The third-order valence-corrected chi connectivity index (χ3v) is 5.10. The number of hydrogen-bond acceptors (Lipinski definition) is 5. The van der Waals surface area contributed by atoms with E-state index in [1.165, 1.54) is 7.11 Å². The number of nitrogens with zero attached hydrogens (tertiary/aromatic N) is 2. The molecule has 2 heterocycles. The zero-order valence-electron chi connectivity index (χ0n) is 16.8. The summed E-state index contributed by atoms with van der Waals surface area (Å²) in [6.07, 6.45) is -0.0606. The minimum Gasteiger partial charge on any atom is -0.469 e. The highest BCUT2D eigenvalue weighted by atomic mass is 16.5. The molecule has 154 valence electrons. The number of amides is 2. The second-order valence-corrected chi connectivity index (χ2v) is 7.05. The fraction of sp³-hybridized carbons (Fsp3) is 0.400. The molecule has 2 atom stereocenters. The first-order valence-electron chi connectivity index (χ1n) is 9.51. The Balaban J connectivity index is 1.72. The van der Waals surface area contributed by atoms with Gasteiger partial charge in [0.1, 0.15) is 6.42 Å². The van der Waals surface area contributed by atoms with Crippen molar-refractivity contribution in [3.8, 4) is 5.69 Å². The molecule has 3 N–H and O–H groups in total. The average molecular weight is 400 g/mol. The summed E-state index contributed by atoms with van der Waals surface area (Å²) in [5, 5.41) is 10.2. The molecule has 3 rings (SSSR count). The number of benzene rings is 1. The largest absolute Gasteiger partial charge is 0.469 e. The lowest BCUT2D eigenvalue weighted by molar-refractivity contribution is -0.909. The van der Waals surface area contributed by atoms with Gasteiger partial charge in [-0.2, -0.15) is 5.10 Å². The molecular weight excluding hydrogens is 374 g/mol. The number of nitrogens with one attached hydrogen (secondary N) is 3. The number of quaternary nitrogens is 1. The van der Waals surface area contributed by atoms with Gasteiger partial charge in [0.2, 0.25) is 0 Å². The van der Waals surface area contributed by atoms with Gasteiger partial charge in [-0.05, 0) is 26.0 Å². The molecule has 0 radical (unpaired) electrons. The van der Waals surface area contributed by atoms with Crippen molar-refractivity contribution in [1.82, 2.24) is 15.1 Å². The van der Waals surface area contributed by atoms with Crippen LogP contribution in [-0.2, 0) is 19.1 Å². The SMILES string of the molecule is COC(=O)C[C@@H]1C(=O)NCC[NH+]1CC(=O)Nc1c(C)nn(-c2ccccc2)c1C. The van der Waals surface area contributed by atoms with Crippen molar-refractivity contribution >= 4 is 23.5 Å². The van der Waals surface area contributed by atoms with E-state index in [4.69, 9.17) is 0 Å². The highest BCUT2D eigenvalue weighted by Gasteiger charge is 2.37. The Hall–Kier alpha value is -3.20. The van der Waals surface area contributed by atoms with Gasteiger partial charge in [0.05, 0.1) is 43.0 Å². The molecule has 2 amide bonds. The lowest BCUT2D eigenvalue weighted by Crippen LogP contribution is -3.20. The molecule has 29 heavy (non-hydrogen) atoms. The molecule has 0 saturated carbocycles. The molecule has 1 aromatic heterocycles. The van der Waals surface area contributed by atoms with Gasteiger partial charge in [-0.1, -0.05) is 18.2 Å². The maximum Gasteiger partial charge on any atom is 0.312 e. The molecule has 0 aliphatic carbocycles. The molecule has 1 aliphatic rings. The van der Waals surface area contributed by atoms with Crippen LogP contribution < -0.4 is 15.5 Å². The summed E-state index contributed by atoms with van der Waals surface area (Å²) in [6.45, 7) is 4.82. The Kier molecular flexibility index (Phi) is 6.28. The first-order valence-corrected chi connectivity index (χ1v) is 9.51. The van der Waals surface area contributed by atoms with Crippen LogP contribution in [0.5, 0.6) is 0 Å². The number of hydrogen-bond donors (Lipinski definition) is 3. The lowest BCUT2D eigenvalue weighted by atomic mass is 10.1. The summed E-state index contributed by atoms with van der Waals surface area (Å²) in [5.74, 6) is -0.946. The Bertz CT molecular complexity index is 909. The van der Waals surface area contributed by atoms with Crippen molar-refractivity contribution < 1.29 is 24.0 Å². The molecule has 1 unspecified atom stereocenters. The van der Waals surface area contributed by atoms with Gasteiger partial charge in [0.25, 0.3) is 11.8 Å². The fourth-order valence-corrected chi connectivity index (χ4v) is 3.56. The maximum atomic E-state index is 12.7. The van der Waals surface area contributed by atoms with Crippen molar-refractivity contribution in [1.29, 1.82) is 0 Å². The van der Waals surface area contributed by atoms with Crippen LogP contribution in [0.4, 0.5) is 5.69 Å². The van der Waals surface area contributed by atoms with Crippen LogP contribution in [-0.4, -0.2) is 60.4 Å². The summed E-state index contributed by atoms with van der Waals surface area (Å²) in [6, 6.07) is 9.03.